The van der Waals surface area contributed by atoms with Gasteiger partial charge in [-0.1, -0.05) is 13.8 Å². The third-order valence-corrected chi connectivity index (χ3v) is 6.77. The van der Waals surface area contributed by atoms with Crippen molar-refractivity contribution in [1.82, 2.24) is 0 Å². The van der Waals surface area contributed by atoms with Gasteiger partial charge >= 0.3 is 5.97 Å². The van der Waals surface area contributed by atoms with Gasteiger partial charge in [0.1, 0.15) is 52.8 Å². The molecule has 1 aliphatic rings. The van der Waals surface area contributed by atoms with E-state index in [1.54, 1.807) is 13.8 Å². The molecule has 0 bridgehead atoms. The Morgan fingerprint density at radius 1 is 1.11 bits per heavy atom. The van der Waals surface area contributed by atoms with Gasteiger partial charge < -0.3 is 44.2 Å². The van der Waals surface area contributed by atoms with Gasteiger partial charge in [0.05, 0.1) is 25.2 Å². The Labute approximate surface area is 217 Å². The highest BCUT2D eigenvalue weighted by Crippen LogP contribution is 2.45. The van der Waals surface area contributed by atoms with E-state index in [4.69, 9.17) is 18.6 Å². The minimum atomic E-state index is -1.68. The van der Waals surface area contributed by atoms with Gasteiger partial charge in [-0.3, -0.25) is 9.59 Å². The highest BCUT2D eigenvalue weighted by molar-refractivity contribution is 5.90. The van der Waals surface area contributed by atoms with E-state index in [0.29, 0.717) is 12.0 Å². The second kappa shape index (κ2) is 11.0. The maximum absolute atomic E-state index is 13.2. The number of aliphatic hydroxyl groups is 3. The van der Waals surface area contributed by atoms with Crippen molar-refractivity contribution in [3.63, 3.8) is 0 Å². The van der Waals surface area contributed by atoms with Crippen molar-refractivity contribution in [1.29, 1.82) is 0 Å². The Kier molecular flexibility index (Phi) is 7.93. The van der Waals surface area contributed by atoms with Crippen molar-refractivity contribution in [2.24, 2.45) is 5.92 Å². The highest BCUT2D eigenvalue weighted by atomic mass is 16.6. The molecule has 0 amide bonds. The van der Waals surface area contributed by atoms with Crippen LogP contribution in [0.3, 0.4) is 0 Å². The minimum absolute atomic E-state index is 0.000973. The summed E-state index contributed by atoms with van der Waals surface area (Å²) in [5, 5.41) is 51.4. The van der Waals surface area contributed by atoms with E-state index in [1.165, 1.54) is 37.4 Å². The van der Waals surface area contributed by atoms with Gasteiger partial charge in [-0.05, 0) is 30.7 Å². The zero-order valence-corrected chi connectivity index (χ0v) is 21.0. The number of aromatic hydroxyl groups is 2. The van der Waals surface area contributed by atoms with Gasteiger partial charge in [0.15, 0.2) is 17.1 Å². The van der Waals surface area contributed by atoms with Gasteiger partial charge in [0, 0.05) is 17.7 Å². The van der Waals surface area contributed by atoms with Gasteiger partial charge in [-0.25, -0.2) is 0 Å². The lowest BCUT2D eigenvalue weighted by Gasteiger charge is -2.42. The molecule has 0 saturated carbocycles. The van der Waals surface area contributed by atoms with E-state index < -0.39 is 60.2 Å². The van der Waals surface area contributed by atoms with E-state index >= 15 is 0 Å². The Balaban J connectivity index is 1.98. The molecule has 2 aromatic carbocycles. The molecule has 5 N–H and O–H groups in total. The lowest BCUT2D eigenvalue weighted by Crippen LogP contribution is -2.56. The molecule has 2 heterocycles. The molecule has 3 aromatic rings. The Hall–Kier alpha value is -3.64. The summed E-state index contributed by atoms with van der Waals surface area (Å²) >= 11 is 0. The van der Waals surface area contributed by atoms with Crippen LogP contribution in [-0.2, 0) is 14.3 Å². The first-order valence-corrected chi connectivity index (χ1v) is 12.1. The summed E-state index contributed by atoms with van der Waals surface area (Å²) in [4.78, 5) is 25.9. The molecule has 6 atom stereocenters. The number of fused-ring (bicyclic) bond motifs is 1. The lowest BCUT2D eigenvalue weighted by atomic mass is 9.89. The van der Waals surface area contributed by atoms with E-state index in [0.717, 1.165) is 6.07 Å². The third kappa shape index (κ3) is 4.93. The summed E-state index contributed by atoms with van der Waals surface area (Å²) in [5.74, 6) is -1.58. The fourth-order valence-corrected chi connectivity index (χ4v) is 4.39. The maximum Gasteiger partial charge on any atom is 0.309 e. The fraction of sp³-hybridized carbons (Fsp3) is 0.407. The Morgan fingerprint density at radius 2 is 1.79 bits per heavy atom. The average Bonchev–Trinajstić information content (AvgIpc) is 2.91. The molecule has 11 nitrogen and oxygen atoms in total. The van der Waals surface area contributed by atoms with Crippen LogP contribution in [0.15, 0.2) is 45.6 Å². The number of carbonyl (C=O) groups excluding carboxylic acids is 1. The monoisotopic (exact) mass is 530 g/mol. The van der Waals surface area contributed by atoms with Crippen LogP contribution < -0.4 is 10.2 Å². The summed E-state index contributed by atoms with van der Waals surface area (Å²) in [6.07, 6.45) is -6.98. The predicted molar refractivity (Wildman–Crippen MR) is 134 cm³/mol. The van der Waals surface area contributed by atoms with Crippen LogP contribution >= 0.6 is 0 Å². The zero-order chi connectivity index (χ0) is 27.7. The van der Waals surface area contributed by atoms with E-state index in [9.17, 15) is 35.1 Å². The zero-order valence-electron chi connectivity index (χ0n) is 21.0. The summed E-state index contributed by atoms with van der Waals surface area (Å²) in [5.41, 5.74) is -0.335. The van der Waals surface area contributed by atoms with Crippen molar-refractivity contribution in [3.8, 4) is 28.6 Å². The van der Waals surface area contributed by atoms with Crippen LogP contribution in [0.2, 0.25) is 0 Å². The minimum Gasteiger partial charge on any atom is -0.508 e. The first-order valence-electron chi connectivity index (χ1n) is 12.1. The molecule has 0 spiro atoms. The molecule has 0 aliphatic carbocycles. The summed E-state index contributed by atoms with van der Waals surface area (Å²) in [6.45, 7) is 2.74. The molecule has 1 fully saturated rings. The van der Waals surface area contributed by atoms with E-state index in [1.807, 2.05) is 0 Å². The molecule has 11 heteroatoms. The molecule has 1 aromatic heterocycles. The second-order valence-electron chi connectivity index (χ2n) is 9.21. The molecule has 0 unspecified atom stereocenters. The van der Waals surface area contributed by atoms with Crippen LogP contribution in [-0.4, -0.2) is 69.6 Å². The van der Waals surface area contributed by atoms with Gasteiger partial charge in [0.2, 0.25) is 0 Å². The number of benzene rings is 2. The number of rotatable bonds is 7. The number of esters is 1. The second-order valence-corrected chi connectivity index (χ2v) is 9.21. The number of phenols is 2. The molecule has 1 saturated heterocycles. The number of phenolic OH excluding ortho intramolecular Hbond substituents is 2. The number of methoxy groups -OCH3 is 1. The number of aliphatic hydroxyl groups excluding tert-OH is 3. The highest BCUT2D eigenvalue weighted by Gasteiger charge is 2.49. The maximum atomic E-state index is 13.2. The van der Waals surface area contributed by atoms with Crippen molar-refractivity contribution in [2.75, 3.05) is 13.7 Å². The van der Waals surface area contributed by atoms with Crippen molar-refractivity contribution < 1.29 is 49.0 Å². The quantitative estimate of drug-likeness (QED) is 0.282. The van der Waals surface area contributed by atoms with Crippen molar-refractivity contribution in [2.45, 2.75) is 50.8 Å². The Bertz CT molecular complexity index is 1360. The summed E-state index contributed by atoms with van der Waals surface area (Å²) in [6, 6.07) is 8.19. The topological polar surface area (TPSA) is 176 Å². The smallest absolute Gasteiger partial charge is 0.309 e. The van der Waals surface area contributed by atoms with Crippen LogP contribution in [0.5, 0.6) is 17.2 Å². The molecule has 4 rings (SSSR count). The average molecular weight is 531 g/mol. The third-order valence-electron chi connectivity index (χ3n) is 6.77. The molecular weight excluding hydrogens is 500 g/mol. The van der Waals surface area contributed by atoms with E-state index in [2.05, 4.69) is 0 Å². The molecule has 0 radical (unpaired) electrons. The van der Waals surface area contributed by atoms with Crippen LogP contribution in [0.25, 0.3) is 22.3 Å². The normalized spacial score (nSPS) is 24.2. The first-order chi connectivity index (χ1) is 18.1. The standard InChI is InChI=1S/C27H30O11/c1-4-12(2)27(34)38-26-23(33)22(32)19(11-28)37-25(26)21-18(35-3)10-16(31)20-15(30)9-17(36-24(20)21)13-5-7-14(29)8-6-13/h5-10,12,19,22-23,25-26,28-29,31-33H,4,11H2,1-3H3/t12-,19-,22-,23-,25-,26-/m0/s1. The van der Waals surface area contributed by atoms with Gasteiger partial charge in [0.25, 0.3) is 0 Å². The van der Waals surface area contributed by atoms with Crippen molar-refractivity contribution in [3.05, 3.63) is 52.2 Å². The predicted octanol–water partition coefficient (Wildman–Crippen LogP) is 1.99. The summed E-state index contributed by atoms with van der Waals surface area (Å²) < 4.78 is 23.1. The SMILES string of the molecule is CC[C@H](C)C(=O)O[C@H]1[C@@H](O)[C@@H](O)[C@H](CO)O[C@H]1c1c(OC)cc(O)c2c(=O)cc(-c3ccc(O)cc3)oc12. The fourth-order valence-electron chi connectivity index (χ4n) is 4.39. The molecule has 1 aliphatic heterocycles. The number of ether oxygens (including phenoxy) is 3. The van der Waals surface area contributed by atoms with Crippen LogP contribution in [0.4, 0.5) is 0 Å². The largest absolute Gasteiger partial charge is 0.508 e. The van der Waals surface area contributed by atoms with Gasteiger partial charge in [-0.2, -0.15) is 0 Å². The first kappa shape index (κ1) is 27.4. The Morgan fingerprint density at radius 3 is 2.39 bits per heavy atom. The molecule has 204 valence electrons. The van der Waals surface area contributed by atoms with Crippen LogP contribution in [0, 0.1) is 5.92 Å². The van der Waals surface area contributed by atoms with E-state index in [-0.39, 0.29) is 33.8 Å². The van der Waals surface area contributed by atoms with Crippen molar-refractivity contribution >= 4 is 16.9 Å². The number of carbonyl (C=O) groups is 1. The molecular formula is C27H30O11. The number of hydrogen-bond acceptors (Lipinski definition) is 11. The van der Waals surface area contributed by atoms with Crippen LogP contribution in [0.1, 0.15) is 31.9 Å². The number of hydrogen-bond donors (Lipinski definition) is 5. The lowest BCUT2D eigenvalue weighted by molar-refractivity contribution is -0.242. The van der Waals surface area contributed by atoms with Gasteiger partial charge in [-0.15, -0.1) is 0 Å². The molecule has 38 heavy (non-hydrogen) atoms. The summed E-state index contributed by atoms with van der Waals surface area (Å²) in [7, 11) is 1.30.